The fourth-order valence-corrected chi connectivity index (χ4v) is 3.64. The molecule has 2 aromatic heterocycles. The van der Waals surface area contributed by atoms with Gasteiger partial charge in [0.2, 0.25) is 0 Å². The Morgan fingerprint density at radius 1 is 1.19 bits per heavy atom. The quantitative estimate of drug-likeness (QED) is 0.641. The molecule has 2 fully saturated rings. The number of carbonyl (C=O) groups is 3. The molecule has 0 unspecified atom stereocenters. The lowest BCUT2D eigenvalue weighted by Gasteiger charge is -2.28. The first-order chi connectivity index (χ1) is 15.4. The Balaban J connectivity index is 0.000000547. The Bertz CT molecular complexity index is 860. The summed E-state index contributed by atoms with van der Waals surface area (Å²) in [5.74, 6) is 0.768. The van der Waals surface area contributed by atoms with Gasteiger partial charge in [0.25, 0.3) is 18.9 Å². The molecule has 1 saturated carbocycles. The molecule has 2 aliphatic rings. The molecular weight excluding hydrogens is 416 g/mol. The first-order valence-corrected chi connectivity index (χ1v) is 10.4. The molecule has 1 amide bonds. The monoisotopic (exact) mass is 446 g/mol. The van der Waals surface area contributed by atoms with Crippen molar-refractivity contribution in [1.29, 1.82) is 0 Å². The standard InChI is InChI=1S/C20H26N4O2.2CH2O2/c1-14-3-6-17(11-21-14)20(25)24-8-7-19(26-13-15-4-5-15)18(24)9-16-10-22-23(2)12-16;2*2-1-3/h3,6,10-12,15,18-19H,4-5,7-9,13H2,1-2H3;2*1H,(H,2,3)/t18-,19+;;/m0../s1. The number of nitrogens with zero attached hydrogens (tertiary/aromatic N) is 4. The number of hydrogen-bond acceptors (Lipinski definition) is 6. The molecule has 3 heterocycles. The van der Waals surface area contributed by atoms with Crippen LogP contribution in [0.5, 0.6) is 0 Å². The summed E-state index contributed by atoms with van der Waals surface area (Å²) in [6.45, 7) is 2.98. The average Bonchev–Trinajstić information content (AvgIpc) is 3.38. The zero-order valence-corrected chi connectivity index (χ0v) is 18.3. The molecule has 0 radical (unpaired) electrons. The summed E-state index contributed by atoms with van der Waals surface area (Å²) in [5, 5.41) is 18.0. The van der Waals surface area contributed by atoms with Crippen LogP contribution in [0.4, 0.5) is 0 Å². The molecule has 1 aliphatic carbocycles. The molecule has 32 heavy (non-hydrogen) atoms. The number of pyridine rings is 1. The first-order valence-electron chi connectivity index (χ1n) is 10.4. The van der Waals surface area contributed by atoms with E-state index >= 15 is 0 Å². The van der Waals surface area contributed by atoms with E-state index in [-0.39, 0.29) is 31.0 Å². The van der Waals surface area contributed by atoms with E-state index in [0.717, 1.165) is 43.2 Å². The van der Waals surface area contributed by atoms with Crippen LogP contribution in [0.15, 0.2) is 30.7 Å². The van der Waals surface area contributed by atoms with Gasteiger partial charge in [0.05, 0.1) is 23.9 Å². The molecule has 0 bridgehead atoms. The molecular formula is C22H30N4O6. The van der Waals surface area contributed by atoms with Gasteiger partial charge in [-0.2, -0.15) is 5.10 Å². The molecule has 1 aliphatic heterocycles. The van der Waals surface area contributed by atoms with Crippen LogP contribution < -0.4 is 0 Å². The zero-order chi connectivity index (χ0) is 23.5. The third-order valence-electron chi connectivity index (χ3n) is 5.35. The summed E-state index contributed by atoms with van der Waals surface area (Å²) in [5.41, 5.74) is 2.70. The van der Waals surface area contributed by atoms with Crippen LogP contribution in [0, 0.1) is 12.8 Å². The van der Waals surface area contributed by atoms with Crippen molar-refractivity contribution < 1.29 is 29.3 Å². The highest BCUT2D eigenvalue weighted by Crippen LogP contribution is 2.32. The third-order valence-corrected chi connectivity index (χ3v) is 5.35. The summed E-state index contributed by atoms with van der Waals surface area (Å²) in [4.78, 5) is 36.0. The molecule has 4 rings (SSSR count). The highest BCUT2D eigenvalue weighted by atomic mass is 16.5. The molecule has 2 atom stereocenters. The summed E-state index contributed by atoms with van der Waals surface area (Å²) in [7, 11) is 1.92. The maximum atomic E-state index is 13.1. The second-order valence-corrected chi connectivity index (χ2v) is 7.80. The Hall–Kier alpha value is -3.27. The Labute approximate surface area is 186 Å². The van der Waals surface area contributed by atoms with Gasteiger partial charge in [0.15, 0.2) is 0 Å². The van der Waals surface area contributed by atoms with E-state index in [2.05, 4.69) is 10.1 Å². The molecule has 0 aromatic carbocycles. The van der Waals surface area contributed by atoms with Crippen molar-refractivity contribution >= 4 is 18.9 Å². The lowest BCUT2D eigenvalue weighted by Crippen LogP contribution is -2.42. The van der Waals surface area contributed by atoms with Crippen molar-refractivity contribution in [3.8, 4) is 0 Å². The third kappa shape index (κ3) is 7.45. The van der Waals surface area contributed by atoms with Gasteiger partial charge in [0.1, 0.15) is 0 Å². The number of likely N-dealkylation sites (tertiary alicyclic amines) is 1. The van der Waals surface area contributed by atoms with Crippen molar-refractivity contribution in [3.63, 3.8) is 0 Å². The predicted molar refractivity (Wildman–Crippen MR) is 115 cm³/mol. The molecule has 10 nitrogen and oxygen atoms in total. The van der Waals surface area contributed by atoms with Gasteiger partial charge in [-0.25, -0.2) is 0 Å². The van der Waals surface area contributed by atoms with Gasteiger partial charge in [-0.05, 0) is 56.2 Å². The number of hydrogen-bond donors (Lipinski definition) is 2. The van der Waals surface area contributed by atoms with E-state index in [1.165, 1.54) is 12.8 Å². The van der Waals surface area contributed by atoms with Crippen LogP contribution in [0.25, 0.3) is 0 Å². The fourth-order valence-electron chi connectivity index (χ4n) is 3.64. The van der Waals surface area contributed by atoms with Gasteiger partial charge in [-0.1, -0.05) is 0 Å². The van der Waals surface area contributed by atoms with E-state index in [1.807, 2.05) is 43.4 Å². The minimum absolute atomic E-state index is 0.0453. The number of carboxylic acid groups (broad SMARTS) is 2. The van der Waals surface area contributed by atoms with Crippen LogP contribution in [0.2, 0.25) is 0 Å². The SMILES string of the molecule is Cc1ccc(C(=O)N2CC[C@@H](OCC3CC3)[C@@H]2Cc2cnn(C)c2)cn1.O=CO.O=CO. The van der Waals surface area contributed by atoms with Crippen molar-refractivity contribution in [2.75, 3.05) is 13.2 Å². The molecule has 2 N–H and O–H groups in total. The average molecular weight is 447 g/mol. The Kier molecular flexibility index (Phi) is 9.80. The summed E-state index contributed by atoms with van der Waals surface area (Å²) < 4.78 is 8.02. The number of ether oxygens (including phenoxy) is 1. The summed E-state index contributed by atoms with van der Waals surface area (Å²) >= 11 is 0. The van der Waals surface area contributed by atoms with E-state index in [0.29, 0.717) is 5.56 Å². The fraction of sp³-hybridized carbons (Fsp3) is 0.500. The van der Waals surface area contributed by atoms with E-state index in [9.17, 15) is 4.79 Å². The van der Waals surface area contributed by atoms with Crippen molar-refractivity contribution in [3.05, 3.63) is 47.5 Å². The molecule has 1 saturated heterocycles. The zero-order valence-electron chi connectivity index (χ0n) is 18.3. The Morgan fingerprint density at radius 3 is 2.41 bits per heavy atom. The number of rotatable bonds is 6. The van der Waals surface area contributed by atoms with Crippen molar-refractivity contribution in [1.82, 2.24) is 19.7 Å². The maximum absolute atomic E-state index is 13.1. The van der Waals surface area contributed by atoms with Crippen LogP contribution in [-0.4, -0.2) is 74.0 Å². The van der Waals surface area contributed by atoms with Crippen molar-refractivity contribution in [2.45, 2.75) is 44.8 Å². The normalized spacial score (nSPS) is 19.2. The first kappa shape index (κ1) is 25.0. The summed E-state index contributed by atoms with van der Waals surface area (Å²) in [6.07, 6.45) is 9.89. The molecule has 0 spiro atoms. The predicted octanol–water partition coefficient (Wildman–Crippen LogP) is 1.78. The summed E-state index contributed by atoms with van der Waals surface area (Å²) in [6, 6.07) is 3.80. The number of aryl methyl sites for hydroxylation is 2. The van der Waals surface area contributed by atoms with Gasteiger partial charge in [0, 0.05) is 38.3 Å². The lowest BCUT2D eigenvalue weighted by atomic mass is 10.0. The second kappa shape index (κ2) is 12.6. The van der Waals surface area contributed by atoms with Crippen LogP contribution >= 0.6 is 0 Å². The number of aromatic nitrogens is 3. The maximum Gasteiger partial charge on any atom is 0.290 e. The lowest BCUT2D eigenvalue weighted by molar-refractivity contribution is -0.123. The minimum atomic E-state index is -0.250. The van der Waals surface area contributed by atoms with Crippen LogP contribution in [0.1, 0.15) is 40.9 Å². The smallest absolute Gasteiger partial charge is 0.290 e. The molecule has 10 heteroatoms. The van der Waals surface area contributed by atoms with Gasteiger partial charge in [-0.3, -0.25) is 24.0 Å². The van der Waals surface area contributed by atoms with Gasteiger partial charge in [-0.15, -0.1) is 0 Å². The van der Waals surface area contributed by atoms with Crippen LogP contribution in [-0.2, 0) is 27.8 Å². The van der Waals surface area contributed by atoms with Crippen molar-refractivity contribution in [2.24, 2.45) is 13.0 Å². The highest BCUT2D eigenvalue weighted by molar-refractivity contribution is 5.94. The molecule has 2 aromatic rings. The second-order valence-electron chi connectivity index (χ2n) is 7.80. The number of amides is 1. The highest BCUT2D eigenvalue weighted by Gasteiger charge is 2.39. The largest absolute Gasteiger partial charge is 0.483 e. The van der Waals surface area contributed by atoms with Gasteiger partial charge < -0.3 is 19.8 Å². The topological polar surface area (TPSA) is 135 Å². The van der Waals surface area contributed by atoms with Crippen LogP contribution in [0.3, 0.4) is 0 Å². The number of carbonyl (C=O) groups excluding carboxylic acids is 1. The minimum Gasteiger partial charge on any atom is -0.483 e. The van der Waals surface area contributed by atoms with Gasteiger partial charge >= 0.3 is 0 Å². The van der Waals surface area contributed by atoms with E-state index in [4.69, 9.17) is 24.5 Å². The van der Waals surface area contributed by atoms with E-state index in [1.54, 1.807) is 10.9 Å². The molecule has 174 valence electrons. The van der Waals surface area contributed by atoms with E-state index < -0.39 is 0 Å². The Morgan fingerprint density at radius 2 is 1.88 bits per heavy atom.